The molecule has 0 saturated heterocycles. The molecule has 0 fully saturated rings. The maximum Gasteiger partial charge on any atom is 0.332 e. The Labute approximate surface area is 132 Å². The van der Waals surface area contributed by atoms with Gasteiger partial charge in [0.1, 0.15) is 0 Å². The molecule has 0 unspecified atom stereocenters. The van der Waals surface area contributed by atoms with Crippen molar-refractivity contribution in [3.8, 4) is 0 Å². The SMILES string of the molecule is Cc1ccccc1N1CCn2c1nc1c2c(=O)n(C)c(=O)n1C. The van der Waals surface area contributed by atoms with Gasteiger partial charge in [0.15, 0.2) is 11.2 Å². The molecule has 4 rings (SSSR count). The van der Waals surface area contributed by atoms with Gasteiger partial charge in [0, 0.05) is 32.9 Å². The van der Waals surface area contributed by atoms with Crippen molar-refractivity contribution in [1.82, 2.24) is 18.7 Å². The molecule has 1 aliphatic rings. The lowest BCUT2D eigenvalue weighted by molar-refractivity contribution is 0.700. The number of imidazole rings is 1. The highest BCUT2D eigenvalue weighted by Gasteiger charge is 2.28. The van der Waals surface area contributed by atoms with E-state index in [9.17, 15) is 9.59 Å². The van der Waals surface area contributed by atoms with Gasteiger partial charge in [-0.2, -0.15) is 4.98 Å². The van der Waals surface area contributed by atoms with Crippen molar-refractivity contribution in [3.05, 3.63) is 50.7 Å². The molecule has 2 aromatic heterocycles. The summed E-state index contributed by atoms with van der Waals surface area (Å²) in [5.41, 5.74) is 2.49. The average Bonchev–Trinajstić information content (AvgIpc) is 3.10. The molecule has 0 aliphatic carbocycles. The van der Waals surface area contributed by atoms with Crippen LogP contribution in [0, 0.1) is 6.92 Å². The second-order valence-electron chi connectivity index (χ2n) is 5.88. The Kier molecular flexibility index (Phi) is 2.75. The highest BCUT2D eigenvalue weighted by atomic mass is 16.2. The molecule has 0 spiro atoms. The minimum atomic E-state index is -0.360. The van der Waals surface area contributed by atoms with Gasteiger partial charge >= 0.3 is 5.69 Å². The molecule has 0 bridgehead atoms. The van der Waals surface area contributed by atoms with Gasteiger partial charge in [-0.25, -0.2) is 4.79 Å². The summed E-state index contributed by atoms with van der Waals surface area (Å²) < 4.78 is 4.47. The first-order chi connectivity index (χ1) is 11.0. The third-order valence-electron chi connectivity index (χ3n) is 4.52. The fraction of sp³-hybridized carbons (Fsp3) is 0.312. The van der Waals surface area contributed by atoms with E-state index in [1.807, 2.05) is 22.8 Å². The molecule has 0 radical (unpaired) electrons. The number of anilines is 2. The van der Waals surface area contributed by atoms with E-state index >= 15 is 0 Å². The maximum absolute atomic E-state index is 12.5. The molecule has 118 valence electrons. The second kappa shape index (κ2) is 4.58. The number of fused-ring (bicyclic) bond motifs is 3. The van der Waals surface area contributed by atoms with E-state index in [-0.39, 0.29) is 11.2 Å². The Bertz CT molecular complexity index is 1060. The minimum absolute atomic E-state index is 0.298. The third kappa shape index (κ3) is 1.73. The van der Waals surface area contributed by atoms with Gasteiger partial charge in [-0.15, -0.1) is 0 Å². The topological polar surface area (TPSA) is 65.1 Å². The zero-order valence-electron chi connectivity index (χ0n) is 13.3. The molecule has 3 aromatic rings. The van der Waals surface area contributed by atoms with Crippen LogP contribution in [0.4, 0.5) is 11.6 Å². The predicted molar refractivity (Wildman–Crippen MR) is 88.4 cm³/mol. The predicted octanol–water partition coefficient (Wildman–Crippen LogP) is 0.894. The summed E-state index contributed by atoms with van der Waals surface area (Å²) in [4.78, 5) is 31.3. The summed E-state index contributed by atoms with van der Waals surface area (Å²) in [6.45, 7) is 3.48. The van der Waals surface area contributed by atoms with Gasteiger partial charge < -0.3 is 9.47 Å². The number of benzene rings is 1. The van der Waals surface area contributed by atoms with Crippen molar-refractivity contribution in [3.63, 3.8) is 0 Å². The first-order valence-electron chi connectivity index (χ1n) is 7.50. The molecule has 3 heterocycles. The Hall–Kier alpha value is -2.83. The number of hydrogen-bond acceptors (Lipinski definition) is 4. The van der Waals surface area contributed by atoms with Crippen molar-refractivity contribution in [2.45, 2.75) is 13.5 Å². The first kappa shape index (κ1) is 13.8. The zero-order valence-corrected chi connectivity index (χ0v) is 13.3. The van der Waals surface area contributed by atoms with Gasteiger partial charge in [-0.3, -0.25) is 13.9 Å². The van der Waals surface area contributed by atoms with Crippen molar-refractivity contribution in [2.75, 3.05) is 11.4 Å². The van der Waals surface area contributed by atoms with Crippen LogP contribution in [0.1, 0.15) is 5.56 Å². The normalized spacial score (nSPS) is 13.8. The largest absolute Gasteiger partial charge is 0.332 e. The molecular weight excluding hydrogens is 294 g/mol. The van der Waals surface area contributed by atoms with Crippen molar-refractivity contribution in [1.29, 1.82) is 0 Å². The average molecular weight is 311 g/mol. The fourth-order valence-electron chi connectivity index (χ4n) is 3.25. The summed E-state index contributed by atoms with van der Waals surface area (Å²) in [6, 6.07) is 8.08. The van der Waals surface area contributed by atoms with E-state index in [0.29, 0.717) is 23.7 Å². The van der Waals surface area contributed by atoms with E-state index in [0.717, 1.165) is 22.4 Å². The summed E-state index contributed by atoms with van der Waals surface area (Å²) in [5.74, 6) is 0.715. The zero-order chi connectivity index (χ0) is 16.3. The lowest BCUT2D eigenvalue weighted by Gasteiger charge is -2.18. The Morgan fingerprint density at radius 2 is 1.78 bits per heavy atom. The quantitative estimate of drug-likeness (QED) is 0.669. The van der Waals surface area contributed by atoms with Crippen LogP contribution >= 0.6 is 0 Å². The highest BCUT2D eigenvalue weighted by molar-refractivity contribution is 5.78. The highest BCUT2D eigenvalue weighted by Crippen LogP contribution is 2.33. The van der Waals surface area contributed by atoms with Gasteiger partial charge in [-0.1, -0.05) is 18.2 Å². The van der Waals surface area contributed by atoms with E-state index in [1.54, 1.807) is 7.05 Å². The van der Waals surface area contributed by atoms with Gasteiger partial charge in [0.25, 0.3) is 5.56 Å². The second-order valence-corrected chi connectivity index (χ2v) is 5.88. The first-order valence-corrected chi connectivity index (χ1v) is 7.50. The molecule has 0 saturated carbocycles. The fourth-order valence-corrected chi connectivity index (χ4v) is 3.25. The van der Waals surface area contributed by atoms with Crippen molar-refractivity contribution >= 4 is 22.8 Å². The van der Waals surface area contributed by atoms with Gasteiger partial charge in [0.05, 0.1) is 0 Å². The molecule has 1 aromatic carbocycles. The monoisotopic (exact) mass is 311 g/mol. The van der Waals surface area contributed by atoms with Crippen LogP contribution in [0.2, 0.25) is 0 Å². The van der Waals surface area contributed by atoms with Crippen LogP contribution in [-0.2, 0) is 20.6 Å². The Morgan fingerprint density at radius 1 is 1.04 bits per heavy atom. The number of aromatic nitrogens is 4. The van der Waals surface area contributed by atoms with Crippen LogP contribution < -0.4 is 16.1 Å². The van der Waals surface area contributed by atoms with Crippen LogP contribution in [-0.4, -0.2) is 25.2 Å². The summed E-state index contributed by atoms with van der Waals surface area (Å²) >= 11 is 0. The van der Waals surface area contributed by atoms with E-state index in [1.165, 1.54) is 11.6 Å². The number of hydrogen-bond donors (Lipinski definition) is 0. The van der Waals surface area contributed by atoms with Crippen molar-refractivity contribution in [2.24, 2.45) is 14.1 Å². The summed E-state index contributed by atoms with van der Waals surface area (Å²) in [7, 11) is 3.14. The summed E-state index contributed by atoms with van der Waals surface area (Å²) in [6.07, 6.45) is 0. The van der Waals surface area contributed by atoms with Crippen LogP contribution in [0.5, 0.6) is 0 Å². The number of aryl methyl sites for hydroxylation is 2. The van der Waals surface area contributed by atoms with Crippen LogP contribution in [0.3, 0.4) is 0 Å². The molecule has 23 heavy (non-hydrogen) atoms. The van der Waals surface area contributed by atoms with Crippen LogP contribution in [0.15, 0.2) is 33.9 Å². The summed E-state index contributed by atoms with van der Waals surface area (Å²) in [5, 5.41) is 0. The molecule has 0 N–H and O–H groups in total. The molecule has 7 nitrogen and oxygen atoms in total. The molecule has 0 atom stereocenters. The number of nitrogens with zero attached hydrogens (tertiary/aromatic N) is 5. The van der Waals surface area contributed by atoms with E-state index in [2.05, 4.69) is 22.9 Å². The maximum atomic E-state index is 12.5. The smallest absolute Gasteiger partial charge is 0.310 e. The van der Waals surface area contributed by atoms with E-state index < -0.39 is 0 Å². The molecular formula is C16H17N5O2. The van der Waals surface area contributed by atoms with Gasteiger partial charge in [-0.05, 0) is 18.6 Å². The van der Waals surface area contributed by atoms with Crippen molar-refractivity contribution < 1.29 is 0 Å². The molecule has 7 heteroatoms. The third-order valence-corrected chi connectivity index (χ3v) is 4.52. The standard InChI is InChI=1S/C16H17N5O2/c1-10-6-4-5-7-11(10)20-8-9-21-12-13(17-15(20)21)18(2)16(23)19(3)14(12)22/h4-7H,8-9H2,1-3H3. The van der Waals surface area contributed by atoms with Gasteiger partial charge in [0.2, 0.25) is 5.95 Å². The number of para-hydroxylation sites is 1. The Balaban J connectivity index is 2.03. The molecule has 0 amide bonds. The lowest BCUT2D eigenvalue weighted by Crippen LogP contribution is -2.37. The minimum Gasteiger partial charge on any atom is -0.310 e. The van der Waals surface area contributed by atoms with E-state index in [4.69, 9.17) is 0 Å². The Morgan fingerprint density at radius 3 is 2.52 bits per heavy atom. The molecule has 1 aliphatic heterocycles. The van der Waals surface area contributed by atoms with Crippen LogP contribution in [0.25, 0.3) is 11.2 Å². The lowest BCUT2D eigenvalue weighted by atomic mass is 10.2. The number of rotatable bonds is 1.